The fourth-order valence-corrected chi connectivity index (χ4v) is 5.95. The van der Waals surface area contributed by atoms with Gasteiger partial charge in [-0.25, -0.2) is 0 Å². The number of aliphatic hydroxyl groups excluding tert-OH is 13. The topological polar surface area (TPSA) is 357 Å². The molecule has 0 aromatic carbocycles. The highest BCUT2D eigenvalue weighted by atomic mass is 16.8. The van der Waals surface area contributed by atoms with Crippen molar-refractivity contribution in [1.82, 2.24) is 5.32 Å². The number of ether oxygens (including phenoxy) is 7. The van der Waals surface area contributed by atoms with Gasteiger partial charge in [0.05, 0.1) is 26.4 Å². The average Bonchev–Trinajstić information content (AvgIpc) is 3.06. The second kappa shape index (κ2) is 16.8. The van der Waals surface area contributed by atoms with E-state index in [0.717, 1.165) is 6.92 Å². The zero-order chi connectivity index (χ0) is 35.6. The van der Waals surface area contributed by atoms with Gasteiger partial charge in [-0.05, 0) is 0 Å². The van der Waals surface area contributed by atoms with E-state index in [1.54, 1.807) is 0 Å². The molecule has 1 amide bonds. The number of rotatable bonds is 11. The number of hydrogen-bond acceptors (Lipinski definition) is 21. The van der Waals surface area contributed by atoms with Gasteiger partial charge in [0.2, 0.25) is 5.91 Å². The van der Waals surface area contributed by atoms with E-state index in [-0.39, 0.29) is 0 Å². The van der Waals surface area contributed by atoms with Crippen LogP contribution in [0, 0.1) is 0 Å². The molecule has 22 nitrogen and oxygen atoms in total. The summed E-state index contributed by atoms with van der Waals surface area (Å²) in [5.41, 5.74) is 0. The Hall–Kier alpha value is -1.33. The van der Waals surface area contributed by atoms with Crippen LogP contribution in [0.25, 0.3) is 0 Å². The molecule has 0 bridgehead atoms. The highest BCUT2D eigenvalue weighted by Gasteiger charge is 2.55. The zero-order valence-corrected chi connectivity index (χ0v) is 25.5. The first kappa shape index (κ1) is 39.5. The molecule has 4 saturated heterocycles. The molecule has 0 aromatic heterocycles. The molecule has 0 aliphatic carbocycles. The maximum atomic E-state index is 12.2. The van der Waals surface area contributed by atoms with Gasteiger partial charge in [-0.3, -0.25) is 4.79 Å². The predicted molar refractivity (Wildman–Crippen MR) is 145 cm³/mol. The molecule has 4 heterocycles. The van der Waals surface area contributed by atoms with Crippen LogP contribution in [0.4, 0.5) is 0 Å². The normalized spacial score (nSPS) is 50.2. The summed E-state index contributed by atoms with van der Waals surface area (Å²) in [5.74, 6) is -0.755. The van der Waals surface area contributed by atoms with Crippen molar-refractivity contribution in [3.8, 4) is 0 Å². The summed E-state index contributed by atoms with van der Waals surface area (Å²) in [4.78, 5) is 12.2. The first-order chi connectivity index (χ1) is 22.7. The van der Waals surface area contributed by atoms with Crippen molar-refractivity contribution < 1.29 is 104 Å². The third-order valence-corrected chi connectivity index (χ3v) is 8.61. The number of carbonyl (C=O) groups is 1. The van der Waals surface area contributed by atoms with Gasteiger partial charge < -0.3 is 105 Å². The van der Waals surface area contributed by atoms with Crippen molar-refractivity contribution in [3.05, 3.63) is 0 Å². The first-order valence-electron chi connectivity index (χ1n) is 15.1. The number of amides is 1. The summed E-state index contributed by atoms with van der Waals surface area (Å²) in [6.07, 6.45) is -33.5. The minimum Gasteiger partial charge on any atom is -0.394 e. The van der Waals surface area contributed by atoms with Crippen molar-refractivity contribution in [2.75, 3.05) is 26.4 Å². The Labute approximate surface area is 272 Å². The molecule has 14 N–H and O–H groups in total. The summed E-state index contributed by atoms with van der Waals surface area (Å²) in [5, 5.41) is 136. The molecule has 280 valence electrons. The van der Waals surface area contributed by atoms with Crippen molar-refractivity contribution in [2.24, 2.45) is 0 Å². The fourth-order valence-electron chi connectivity index (χ4n) is 5.95. The summed E-state index contributed by atoms with van der Waals surface area (Å²) in [7, 11) is 0. The van der Waals surface area contributed by atoms with Gasteiger partial charge in [0.25, 0.3) is 0 Å². The Bertz CT molecular complexity index is 1030. The van der Waals surface area contributed by atoms with E-state index in [2.05, 4.69) is 5.32 Å². The van der Waals surface area contributed by atoms with Crippen LogP contribution in [0.5, 0.6) is 0 Å². The Morgan fingerprint density at radius 1 is 0.500 bits per heavy atom. The highest BCUT2D eigenvalue weighted by Crippen LogP contribution is 2.34. The molecule has 4 aliphatic heterocycles. The molecule has 0 aromatic rings. The van der Waals surface area contributed by atoms with Crippen LogP contribution in [-0.4, -0.2) is 221 Å². The zero-order valence-electron chi connectivity index (χ0n) is 25.5. The van der Waals surface area contributed by atoms with Crippen LogP contribution in [0.1, 0.15) is 6.92 Å². The Morgan fingerprint density at radius 2 is 0.958 bits per heavy atom. The van der Waals surface area contributed by atoms with Gasteiger partial charge in [0, 0.05) is 6.92 Å². The van der Waals surface area contributed by atoms with Gasteiger partial charge in [-0.1, -0.05) is 0 Å². The number of hydrogen-bond donors (Lipinski definition) is 14. The molecule has 0 spiro atoms. The quantitative estimate of drug-likeness (QED) is 0.0947. The fraction of sp³-hybridized carbons (Fsp3) is 0.962. The van der Waals surface area contributed by atoms with Crippen LogP contribution < -0.4 is 5.32 Å². The summed E-state index contributed by atoms with van der Waals surface area (Å²) in [6.45, 7) is -2.37. The summed E-state index contributed by atoms with van der Waals surface area (Å²) < 4.78 is 38.5. The number of aliphatic hydroxyl groups is 13. The van der Waals surface area contributed by atoms with E-state index in [0.29, 0.717) is 0 Å². The van der Waals surface area contributed by atoms with E-state index < -0.39 is 155 Å². The first-order valence-corrected chi connectivity index (χ1v) is 15.1. The molecule has 48 heavy (non-hydrogen) atoms. The maximum Gasteiger partial charge on any atom is 0.217 e. The smallest absolute Gasteiger partial charge is 0.217 e. The average molecular weight is 708 g/mol. The van der Waals surface area contributed by atoms with Gasteiger partial charge in [0.1, 0.15) is 97.6 Å². The Kier molecular flexibility index (Phi) is 13.8. The third kappa shape index (κ3) is 8.08. The molecule has 0 saturated carbocycles. The monoisotopic (exact) mass is 707 g/mol. The molecule has 4 fully saturated rings. The van der Waals surface area contributed by atoms with Crippen LogP contribution in [0.2, 0.25) is 0 Å². The molecular weight excluding hydrogens is 662 g/mol. The Balaban J connectivity index is 1.56. The van der Waals surface area contributed by atoms with E-state index in [1.807, 2.05) is 0 Å². The minimum atomic E-state index is -2.02. The second-order valence-corrected chi connectivity index (χ2v) is 11.9. The van der Waals surface area contributed by atoms with Gasteiger partial charge >= 0.3 is 0 Å². The minimum absolute atomic E-state index is 0.755. The Morgan fingerprint density at radius 3 is 1.50 bits per heavy atom. The van der Waals surface area contributed by atoms with Crippen LogP contribution in [-0.2, 0) is 38.0 Å². The standard InChI is InChI=1S/C26H45NO21/c1-6(32)27-11-14(35)20(46-25-18(39)15(36)12(33)7(2-28)43-25)10(5-31)45-24(11)48-22-13(34)8(3-29)44-26(19(22)40)47-21-9(4-30)42-23(41)17(38)16(21)37/h7-26,28-31,33-41H,2-5H2,1H3,(H,27,32)/t7?,8?,9?,10?,11-,12-,13-,14?,15?,16+,17?,18-,19-,20+,21+,22?,23?,24-,25-,26-/m0/s1. The molecule has 9 unspecified atom stereocenters. The van der Waals surface area contributed by atoms with E-state index in [4.69, 9.17) is 33.2 Å². The molecule has 0 radical (unpaired) electrons. The van der Waals surface area contributed by atoms with Crippen molar-refractivity contribution in [2.45, 2.75) is 130 Å². The lowest BCUT2D eigenvalue weighted by Crippen LogP contribution is -2.69. The predicted octanol–water partition coefficient (Wildman–Crippen LogP) is -9.61. The third-order valence-electron chi connectivity index (χ3n) is 8.61. The van der Waals surface area contributed by atoms with Crippen LogP contribution >= 0.6 is 0 Å². The second-order valence-electron chi connectivity index (χ2n) is 11.9. The van der Waals surface area contributed by atoms with E-state index >= 15 is 0 Å². The lowest BCUT2D eigenvalue weighted by molar-refractivity contribution is -0.380. The summed E-state index contributed by atoms with van der Waals surface area (Å²) >= 11 is 0. The van der Waals surface area contributed by atoms with Crippen LogP contribution in [0.15, 0.2) is 0 Å². The SMILES string of the molecule is CC(=O)N[C@H]1C(O)[C@H](O[C@@H]2OC(CO)[C@H](O)C(O)[C@@H]2O)C(CO)O[C@H]1OC1[C@@H](O)C(CO)O[C@@H](O[C@@H]2C(CO)OC(O)C(O)[C@H]2O)[C@H]1O. The summed E-state index contributed by atoms with van der Waals surface area (Å²) in [6, 6.07) is -1.61. The molecule has 20 atom stereocenters. The van der Waals surface area contributed by atoms with Gasteiger partial charge in [0.15, 0.2) is 25.2 Å². The molecule has 4 rings (SSSR count). The molecule has 4 aliphatic rings. The lowest BCUT2D eigenvalue weighted by Gasteiger charge is -2.49. The molecular formula is C26H45NO21. The lowest BCUT2D eigenvalue weighted by atomic mass is 9.94. The van der Waals surface area contributed by atoms with Crippen molar-refractivity contribution >= 4 is 5.91 Å². The maximum absolute atomic E-state index is 12.2. The molecule has 22 heteroatoms. The van der Waals surface area contributed by atoms with Crippen molar-refractivity contribution in [3.63, 3.8) is 0 Å². The number of nitrogens with one attached hydrogen (secondary N) is 1. The van der Waals surface area contributed by atoms with E-state index in [9.17, 15) is 71.2 Å². The highest BCUT2D eigenvalue weighted by molar-refractivity contribution is 5.73. The largest absolute Gasteiger partial charge is 0.394 e. The van der Waals surface area contributed by atoms with Crippen molar-refractivity contribution in [1.29, 1.82) is 0 Å². The van der Waals surface area contributed by atoms with E-state index in [1.165, 1.54) is 0 Å². The van der Waals surface area contributed by atoms with Gasteiger partial charge in [-0.2, -0.15) is 0 Å². The van der Waals surface area contributed by atoms with Gasteiger partial charge in [-0.15, -0.1) is 0 Å². The number of carbonyl (C=O) groups excluding carboxylic acids is 1. The van der Waals surface area contributed by atoms with Crippen LogP contribution in [0.3, 0.4) is 0 Å².